The van der Waals surface area contributed by atoms with Gasteiger partial charge < -0.3 is 14.6 Å². The quantitative estimate of drug-likeness (QED) is 0.277. The minimum absolute atomic E-state index is 0.201. The molecule has 1 amide bonds. The summed E-state index contributed by atoms with van der Waals surface area (Å²) in [5.41, 5.74) is -0.0782. The molecule has 144 valence electrons. The van der Waals surface area contributed by atoms with Crippen LogP contribution >= 0.6 is 22.6 Å². The second kappa shape index (κ2) is 8.27. The predicted molar refractivity (Wildman–Crippen MR) is 97.5 cm³/mol. The number of amides is 1. The molecule has 0 saturated carbocycles. The number of benzene rings is 2. The first kappa shape index (κ1) is 21.2. The molecule has 1 N–H and O–H groups in total. The fourth-order valence-electron chi connectivity index (χ4n) is 1.87. The van der Waals surface area contributed by atoms with Crippen LogP contribution in [0.15, 0.2) is 48.5 Å². The van der Waals surface area contributed by atoms with Gasteiger partial charge in [0.2, 0.25) is 0 Å². The summed E-state index contributed by atoms with van der Waals surface area (Å²) in [5, 5.41) is -3.02. The maximum atomic E-state index is 13.2. The molecule has 11 heteroatoms. The second-order valence-corrected chi connectivity index (χ2v) is 7.92. The van der Waals surface area contributed by atoms with Crippen LogP contribution in [0, 0.1) is 3.57 Å². The van der Waals surface area contributed by atoms with Crippen molar-refractivity contribution >= 4 is 44.6 Å². The van der Waals surface area contributed by atoms with Crippen molar-refractivity contribution in [1.29, 1.82) is 0 Å². The molecular weight excluding hydrogens is 499 g/mol. The molecule has 0 atom stereocenters. The number of rotatable bonds is 6. The molecule has 27 heavy (non-hydrogen) atoms. The molecule has 0 fully saturated rings. The Labute approximate surface area is 166 Å². The van der Waals surface area contributed by atoms with Crippen LogP contribution in [-0.2, 0) is 10.1 Å². The Morgan fingerprint density at radius 2 is 1.78 bits per heavy atom. The van der Waals surface area contributed by atoms with Crippen LogP contribution in [0.2, 0.25) is 0 Å². The van der Waals surface area contributed by atoms with E-state index in [-0.39, 0.29) is 16.9 Å². The average Bonchev–Trinajstić information content (AvgIpc) is 2.59. The molecule has 2 aromatic carbocycles. The monoisotopic (exact) mass is 510 g/mol. The summed E-state index contributed by atoms with van der Waals surface area (Å²) >= 11 is 1.89. The van der Waals surface area contributed by atoms with E-state index in [0.29, 0.717) is 3.57 Å². The molecule has 0 radical (unpaired) electrons. The molecule has 0 aliphatic rings. The predicted octanol–water partition coefficient (Wildman–Crippen LogP) is 2.38. The minimum atomic E-state index is -5.94. The molecule has 2 rings (SSSR count). The van der Waals surface area contributed by atoms with E-state index in [0.717, 1.165) is 0 Å². The fraction of sp³-hybridized carbons (Fsp3) is 0.125. The van der Waals surface area contributed by atoms with Crippen molar-refractivity contribution in [2.24, 2.45) is 0 Å². The van der Waals surface area contributed by atoms with Crippen LogP contribution in [0.5, 0.6) is 5.75 Å². The van der Waals surface area contributed by atoms with E-state index >= 15 is 0 Å². The van der Waals surface area contributed by atoms with Crippen LogP contribution < -0.4 is 10.1 Å². The highest BCUT2D eigenvalue weighted by Gasteiger charge is 2.38. The van der Waals surface area contributed by atoms with Crippen LogP contribution in [0.1, 0.15) is 20.7 Å². The Balaban J connectivity index is 2.22. The molecule has 0 spiro atoms. The van der Waals surface area contributed by atoms with Gasteiger partial charge in [-0.25, -0.2) is 13.2 Å². The first-order valence-electron chi connectivity index (χ1n) is 7.19. The van der Waals surface area contributed by atoms with Crippen molar-refractivity contribution < 1.29 is 36.1 Å². The third-order valence-corrected chi connectivity index (χ3v) is 4.77. The lowest BCUT2D eigenvalue weighted by Gasteiger charge is -2.20. The number of nitrogens with one attached hydrogen (secondary N) is 1. The fourth-order valence-corrected chi connectivity index (χ4v) is 2.58. The highest BCUT2D eigenvalue weighted by molar-refractivity contribution is 14.1. The zero-order valence-corrected chi connectivity index (χ0v) is 16.3. The first-order valence-corrected chi connectivity index (χ1v) is 9.68. The standard InChI is InChI=1S/C16H12F2INO6S/c17-16(18,27(23,24)25)9-20-14(21)12-7-6-11(19)8-13(12)26-15(22)10-4-2-1-3-5-10/h1-8H,9H2,(H,20,21)(H,23,24,25)/p-1. The third kappa shape index (κ3) is 5.43. The molecule has 0 aliphatic carbocycles. The van der Waals surface area contributed by atoms with E-state index in [4.69, 9.17) is 4.74 Å². The highest BCUT2D eigenvalue weighted by atomic mass is 127. The minimum Gasteiger partial charge on any atom is -0.743 e. The number of hydrogen-bond acceptors (Lipinski definition) is 6. The van der Waals surface area contributed by atoms with Gasteiger partial charge in [0.15, 0.2) is 10.1 Å². The summed E-state index contributed by atoms with van der Waals surface area (Å²) in [5.74, 6) is -2.12. The molecule has 2 aromatic rings. The summed E-state index contributed by atoms with van der Waals surface area (Å²) in [6.07, 6.45) is 0. The highest BCUT2D eigenvalue weighted by Crippen LogP contribution is 2.24. The largest absolute Gasteiger partial charge is 0.743 e. The van der Waals surface area contributed by atoms with Gasteiger partial charge in [-0.05, 0) is 52.9 Å². The molecule has 0 aromatic heterocycles. The van der Waals surface area contributed by atoms with E-state index in [1.54, 1.807) is 23.5 Å². The smallest absolute Gasteiger partial charge is 0.351 e. The van der Waals surface area contributed by atoms with E-state index < -0.39 is 33.8 Å². The van der Waals surface area contributed by atoms with Gasteiger partial charge in [-0.2, -0.15) is 8.78 Å². The topological polar surface area (TPSA) is 113 Å². The number of alkyl halides is 2. The van der Waals surface area contributed by atoms with Crippen molar-refractivity contribution in [3.8, 4) is 5.75 Å². The summed E-state index contributed by atoms with van der Waals surface area (Å²) in [6.45, 7) is -1.71. The van der Waals surface area contributed by atoms with Crippen LogP contribution in [0.4, 0.5) is 8.78 Å². The molecule has 0 saturated heterocycles. The van der Waals surface area contributed by atoms with Crippen molar-refractivity contribution in [1.82, 2.24) is 5.32 Å². The molecule has 0 heterocycles. The van der Waals surface area contributed by atoms with Crippen molar-refractivity contribution in [2.45, 2.75) is 5.25 Å². The summed E-state index contributed by atoms with van der Waals surface area (Å²) in [7, 11) is -5.94. The number of esters is 1. The van der Waals surface area contributed by atoms with Crippen LogP contribution in [-0.4, -0.2) is 36.6 Å². The lowest BCUT2D eigenvalue weighted by molar-refractivity contribution is 0.0683. The Kier molecular flexibility index (Phi) is 6.49. The Hall–Kier alpha value is -2.12. The zero-order valence-electron chi connectivity index (χ0n) is 13.3. The summed E-state index contributed by atoms with van der Waals surface area (Å²) in [6, 6.07) is 11.9. The zero-order chi connectivity index (χ0) is 20.2. The molecule has 7 nitrogen and oxygen atoms in total. The van der Waals surface area contributed by atoms with Gasteiger partial charge in [-0.1, -0.05) is 18.2 Å². The Morgan fingerprint density at radius 3 is 2.37 bits per heavy atom. The Morgan fingerprint density at radius 1 is 1.15 bits per heavy atom. The molecular formula is C16H11F2INO6S-. The second-order valence-electron chi connectivity index (χ2n) is 5.17. The van der Waals surface area contributed by atoms with Crippen molar-refractivity contribution in [3.63, 3.8) is 0 Å². The average molecular weight is 510 g/mol. The maximum Gasteiger partial charge on any atom is 0.351 e. The SMILES string of the molecule is O=C(Oc1cc(I)ccc1C(=O)NCC(F)(F)S(=O)(=O)[O-])c1ccccc1. The number of ether oxygens (including phenoxy) is 1. The van der Waals surface area contributed by atoms with Gasteiger partial charge >= 0.3 is 11.2 Å². The van der Waals surface area contributed by atoms with E-state index in [9.17, 15) is 31.3 Å². The van der Waals surface area contributed by atoms with Gasteiger partial charge in [0.25, 0.3) is 5.91 Å². The maximum absolute atomic E-state index is 13.2. The van der Waals surface area contributed by atoms with Crippen molar-refractivity contribution in [2.75, 3.05) is 6.54 Å². The van der Waals surface area contributed by atoms with Crippen molar-refractivity contribution in [3.05, 3.63) is 63.2 Å². The van der Waals surface area contributed by atoms with Gasteiger partial charge in [-0.3, -0.25) is 4.79 Å². The van der Waals surface area contributed by atoms with Crippen LogP contribution in [0.25, 0.3) is 0 Å². The van der Waals surface area contributed by atoms with E-state index in [2.05, 4.69) is 0 Å². The van der Waals surface area contributed by atoms with E-state index in [1.165, 1.54) is 30.3 Å². The summed E-state index contributed by atoms with van der Waals surface area (Å²) < 4.78 is 63.6. The Bertz CT molecular complexity index is 966. The number of carbonyl (C=O) groups is 2. The molecule has 0 bridgehead atoms. The lowest BCUT2D eigenvalue weighted by atomic mass is 10.2. The van der Waals surface area contributed by atoms with Gasteiger partial charge in [0, 0.05) is 3.57 Å². The van der Waals surface area contributed by atoms with Gasteiger partial charge in [0.05, 0.1) is 17.7 Å². The van der Waals surface area contributed by atoms with E-state index in [1.807, 2.05) is 22.6 Å². The molecule has 0 unspecified atom stereocenters. The summed E-state index contributed by atoms with van der Waals surface area (Å²) in [4.78, 5) is 24.3. The number of carbonyl (C=O) groups excluding carboxylic acids is 2. The normalized spacial score (nSPS) is 11.7. The third-order valence-electron chi connectivity index (χ3n) is 3.22. The number of hydrogen-bond donors (Lipinski definition) is 1. The first-order chi connectivity index (χ1) is 12.5. The lowest BCUT2D eigenvalue weighted by Crippen LogP contribution is -2.42. The van der Waals surface area contributed by atoms with Gasteiger partial charge in [-0.15, -0.1) is 0 Å². The molecule has 0 aliphatic heterocycles. The van der Waals surface area contributed by atoms with Gasteiger partial charge in [0.1, 0.15) is 5.75 Å². The van der Waals surface area contributed by atoms with Crippen LogP contribution in [0.3, 0.4) is 0 Å². The number of halogens is 3.